The van der Waals surface area contributed by atoms with Gasteiger partial charge in [-0.15, -0.1) is 16.6 Å². The summed E-state index contributed by atoms with van der Waals surface area (Å²) in [7, 11) is 0. The molecule has 14 heavy (non-hydrogen) atoms. The number of aromatic nitrogens is 4. The first-order chi connectivity index (χ1) is 6.81. The molecule has 0 aliphatic carbocycles. The number of hydrogen-bond donors (Lipinski definition) is 1. The van der Waals surface area contributed by atoms with E-state index in [9.17, 15) is 0 Å². The normalized spacial score (nSPS) is 10.6. The van der Waals surface area contributed by atoms with Crippen molar-refractivity contribution in [2.24, 2.45) is 0 Å². The van der Waals surface area contributed by atoms with Crippen LogP contribution in [0.5, 0.6) is 0 Å². The van der Waals surface area contributed by atoms with Crippen LogP contribution in [0.4, 0.5) is 0 Å². The van der Waals surface area contributed by atoms with Gasteiger partial charge in [-0.3, -0.25) is 5.32 Å². The fraction of sp³-hybridized carbons (Fsp3) is 0.375. The van der Waals surface area contributed by atoms with Crippen molar-refractivity contribution in [1.82, 2.24) is 25.1 Å². The van der Waals surface area contributed by atoms with Crippen molar-refractivity contribution in [1.29, 1.82) is 0 Å². The minimum Gasteiger partial charge on any atom is -0.300 e. The Kier molecular flexibility index (Phi) is 2.43. The fourth-order valence-electron chi connectivity index (χ4n) is 1.07. The van der Waals surface area contributed by atoms with Crippen LogP contribution in [0.2, 0.25) is 0 Å². The Labute approximate surface area is 85.2 Å². The molecule has 0 amide bonds. The van der Waals surface area contributed by atoms with E-state index < -0.39 is 0 Å². The number of fused-ring (bicyclic) bond motifs is 1. The van der Waals surface area contributed by atoms with Gasteiger partial charge in [-0.25, -0.2) is 0 Å². The third kappa shape index (κ3) is 1.60. The Morgan fingerprint density at radius 2 is 2.43 bits per heavy atom. The summed E-state index contributed by atoms with van der Waals surface area (Å²) in [6.07, 6.45) is 5.11. The number of aryl methyl sites for hydroxylation is 1. The van der Waals surface area contributed by atoms with Gasteiger partial charge in [0.2, 0.25) is 4.96 Å². The summed E-state index contributed by atoms with van der Waals surface area (Å²) in [5.74, 6) is 3.31. The molecule has 5 nitrogen and oxygen atoms in total. The Morgan fingerprint density at radius 1 is 1.57 bits per heavy atom. The van der Waals surface area contributed by atoms with E-state index in [1.54, 1.807) is 4.52 Å². The lowest BCUT2D eigenvalue weighted by molar-refractivity contribution is 0.738. The Morgan fingerprint density at radius 3 is 3.14 bits per heavy atom. The number of nitrogens with zero attached hydrogens (tertiary/aromatic N) is 4. The van der Waals surface area contributed by atoms with Crippen LogP contribution in [0.1, 0.15) is 10.8 Å². The average molecular weight is 207 g/mol. The standard InChI is InChI=1S/C8H9N5S/c1-3-4-9-5-7-12-13-6(2)10-11-8(13)14-7/h1,9H,4-5H2,2H3. The van der Waals surface area contributed by atoms with Gasteiger partial charge in [0.05, 0.1) is 13.1 Å². The van der Waals surface area contributed by atoms with Crippen LogP contribution in [0.15, 0.2) is 0 Å². The summed E-state index contributed by atoms with van der Waals surface area (Å²) >= 11 is 1.52. The van der Waals surface area contributed by atoms with Crippen molar-refractivity contribution in [3.63, 3.8) is 0 Å². The van der Waals surface area contributed by atoms with Gasteiger partial charge < -0.3 is 0 Å². The number of hydrogen-bond acceptors (Lipinski definition) is 5. The van der Waals surface area contributed by atoms with Gasteiger partial charge >= 0.3 is 0 Å². The minimum atomic E-state index is 0.555. The summed E-state index contributed by atoms with van der Waals surface area (Å²) < 4.78 is 1.73. The highest BCUT2D eigenvalue weighted by molar-refractivity contribution is 7.16. The summed E-state index contributed by atoms with van der Waals surface area (Å²) in [5, 5.41) is 16.2. The van der Waals surface area contributed by atoms with Crippen molar-refractivity contribution in [3.05, 3.63) is 10.8 Å². The lowest BCUT2D eigenvalue weighted by Gasteiger charge is -1.93. The van der Waals surface area contributed by atoms with Gasteiger partial charge in [-0.1, -0.05) is 17.3 Å². The highest BCUT2D eigenvalue weighted by Crippen LogP contribution is 2.12. The Balaban J connectivity index is 2.16. The summed E-state index contributed by atoms with van der Waals surface area (Å²) in [6.45, 7) is 3.11. The third-order valence-corrected chi connectivity index (χ3v) is 2.59. The molecular formula is C8H9N5S. The van der Waals surface area contributed by atoms with Crippen LogP contribution in [0.3, 0.4) is 0 Å². The highest BCUT2D eigenvalue weighted by Gasteiger charge is 2.07. The highest BCUT2D eigenvalue weighted by atomic mass is 32.1. The molecule has 0 unspecified atom stereocenters. The van der Waals surface area contributed by atoms with Crippen LogP contribution in [0.25, 0.3) is 4.96 Å². The van der Waals surface area contributed by atoms with Gasteiger partial charge in [0, 0.05) is 0 Å². The lowest BCUT2D eigenvalue weighted by Crippen LogP contribution is -2.13. The van der Waals surface area contributed by atoms with E-state index in [-0.39, 0.29) is 0 Å². The molecule has 2 heterocycles. The van der Waals surface area contributed by atoms with Gasteiger partial charge in [0.1, 0.15) is 5.01 Å². The van der Waals surface area contributed by atoms with Crippen molar-refractivity contribution < 1.29 is 0 Å². The molecule has 0 radical (unpaired) electrons. The second-order valence-corrected chi connectivity index (χ2v) is 3.79. The van der Waals surface area contributed by atoms with E-state index in [4.69, 9.17) is 6.42 Å². The second-order valence-electron chi connectivity index (χ2n) is 2.75. The smallest absolute Gasteiger partial charge is 0.234 e. The van der Waals surface area contributed by atoms with E-state index in [0.29, 0.717) is 13.1 Å². The zero-order valence-electron chi connectivity index (χ0n) is 7.69. The molecule has 0 aromatic carbocycles. The summed E-state index contributed by atoms with van der Waals surface area (Å²) in [5.41, 5.74) is 0. The third-order valence-electron chi connectivity index (χ3n) is 1.69. The van der Waals surface area contributed by atoms with E-state index >= 15 is 0 Å². The van der Waals surface area contributed by atoms with E-state index in [0.717, 1.165) is 15.8 Å². The van der Waals surface area contributed by atoms with Gasteiger partial charge in [0.25, 0.3) is 0 Å². The topological polar surface area (TPSA) is 55.1 Å². The average Bonchev–Trinajstić information content (AvgIpc) is 2.70. The number of rotatable bonds is 3. The number of nitrogens with one attached hydrogen (secondary N) is 1. The molecule has 0 saturated heterocycles. The Hall–Kier alpha value is -1.45. The zero-order chi connectivity index (χ0) is 9.97. The maximum absolute atomic E-state index is 5.11. The van der Waals surface area contributed by atoms with E-state index in [2.05, 4.69) is 26.5 Å². The molecule has 0 aliphatic rings. The van der Waals surface area contributed by atoms with Crippen molar-refractivity contribution in [2.75, 3.05) is 6.54 Å². The molecule has 2 aromatic rings. The fourth-order valence-corrected chi connectivity index (χ4v) is 1.92. The maximum Gasteiger partial charge on any atom is 0.234 e. The van der Waals surface area contributed by atoms with Crippen LogP contribution in [0, 0.1) is 19.3 Å². The monoisotopic (exact) mass is 207 g/mol. The molecule has 6 heteroatoms. The van der Waals surface area contributed by atoms with Crippen molar-refractivity contribution >= 4 is 16.3 Å². The lowest BCUT2D eigenvalue weighted by atomic mass is 10.6. The molecular weight excluding hydrogens is 198 g/mol. The van der Waals surface area contributed by atoms with Gasteiger partial charge in [-0.05, 0) is 6.92 Å². The van der Waals surface area contributed by atoms with Crippen LogP contribution in [-0.4, -0.2) is 26.4 Å². The first-order valence-corrected chi connectivity index (χ1v) is 4.95. The minimum absolute atomic E-state index is 0.555. The maximum atomic E-state index is 5.11. The quantitative estimate of drug-likeness (QED) is 0.577. The van der Waals surface area contributed by atoms with E-state index in [1.807, 2.05) is 6.92 Å². The van der Waals surface area contributed by atoms with Crippen molar-refractivity contribution in [3.8, 4) is 12.3 Å². The molecule has 0 fully saturated rings. The van der Waals surface area contributed by atoms with Crippen LogP contribution in [-0.2, 0) is 6.54 Å². The molecule has 1 N–H and O–H groups in total. The molecule has 0 atom stereocenters. The molecule has 2 rings (SSSR count). The largest absolute Gasteiger partial charge is 0.300 e. The van der Waals surface area contributed by atoms with Gasteiger partial charge in [0.15, 0.2) is 5.82 Å². The summed E-state index contributed by atoms with van der Waals surface area (Å²) in [4.78, 5) is 0.819. The molecule has 0 saturated carbocycles. The SMILES string of the molecule is C#CCNCc1nn2c(C)nnc2s1. The molecule has 0 aliphatic heterocycles. The van der Waals surface area contributed by atoms with Crippen molar-refractivity contribution in [2.45, 2.75) is 13.5 Å². The van der Waals surface area contributed by atoms with Crippen LogP contribution < -0.4 is 5.32 Å². The number of terminal acetylenes is 1. The predicted octanol–water partition coefficient (Wildman–Crippen LogP) is 0.217. The first-order valence-electron chi connectivity index (χ1n) is 4.13. The van der Waals surface area contributed by atoms with Gasteiger partial charge in [-0.2, -0.15) is 9.61 Å². The molecule has 72 valence electrons. The van der Waals surface area contributed by atoms with E-state index in [1.165, 1.54) is 11.3 Å². The molecule has 0 spiro atoms. The zero-order valence-corrected chi connectivity index (χ0v) is 8.51. The first kappa shape index (κ1) is 9.12. The molecule has 2 aromatic heterocycles. The molecule has 0 bridgehead atoms. The van der Waals surface area contributed by atoms with Crippen LogP contribution >= 0.6 is 11.3 Å². The second kappa shape index (κ2) is 3.74. The Bertz CT molecular complexity index is 477. The predicted molar refractivity (Wildman–Crippen MR) is 53.9 cm³/mol. The summed E-state index contributed by atoms with van der Waals surface area (Å²) in [6, 6.07) is 0.